The molecule has 0 radical (unpaired) electrons. The first-order valence-electron chi connectivity index (χ1n) is 6.61. The summed E-state index contributed by atoms with van der Waals surface area (Å²) in [5.41, 5.74) is 1.33. The molecule has 1 unspecified atom stereocenters. The van der Waals surface area contributed by atoms with Crippen LogP contribution in [0.3, 0.4) is 0 Å². The second-order valence-corrected chi connectivity index (χ2v) is 4.42. The standard InChI is InChI=1S/C16H23NO/c1-4-6-12-18-16-9-7-15(8-10-16)13-14(3)17-11-5-2/h7-10,14,17H,5,11-13H2,1-3H3. The fraction of sp³-hybridized carbons (Fsp3) is 0.500. The van der Waals surface area contributed by atoms with Crippen LogP contribution < -0.4 is 10.1 Å². The van der Waals surface area contributed by atoms with E-state index in [-0.39, 0.29) is 0 Å². The fourth-order valence-electron chi connectivity index (χ4n) is 1.73. The van der Waals surface area contributed by atoms with Crippen molar-refractivity contribution < 1.29 is 4.74 Å². The average molecular weight is 245 g/mol. The van der Waals surface area contributed by atoms with Gasteiger partial charge in [0.1, 0.15) is 12.4 Å². The van der Waals surface area contributed by atoms with Crippen LogP contribution in [0.25, 0.3) is 0 Å². The van der Waals surface area contributed by atoms with Crippen LogP contribution in [-0.2, 0) is 6.42 Å². The summed E-state index contributed by atoms with van der Waals surface area (Å²) in [5, 5.41) is 3.49. The van der Waals surface area contributed by atoms with E-state index in [0.717, 1.165) is 18.7 Å². The minimum absolute atomic E-state index is 0.463. The Labute approximate surface area is 111 Å². The minimum atomic E-state index is 0.463. The number of nitrogens with one attached hydrogen (secondary N) is 1. The predicted molar refractivity (Wildman–Crippen MR) is 76.8 cm³/mol. The van der Waals surface area contributed by atoms with Crippen molar-refractivity contribution in [1.82, 2.24) is 5.32 Å². The van der Waals surface area contributed by atoms with Crippen molar-refractivity contribution in [3.8, 4) is 17.6 Å². The lowest BCUT2D eigenvalue weighted by Gasteiger charge is -2.13. The summed E-state index contributed by atoms with van der Waals surface area (Å²) in [6.07, 6.45) is 2.23. The Bertz CT molecular complexity index is 386. The Kier molecular flexibility index (Phi) is 6.98. The molecule has 2 heteroatoms. The Morgan fingerprint density at radius 1 is 1.28 bits per heavy atom. The molecule has 0 saturated carbocycles. The fourth-order valence-corrected chi connectivity index (χ4v) is 1.73. The monoisotopic (exact) mass is 245 g/mol. The third-order valence-electron chi connectivity index (χ3n) is 2.70. The van der Waals surface area contributed by atoms with E-state index < -0.39 is 0 Å². The molecule has 0 bridgehead atoms. The van der Waals surface area contributed by atoms with Crippen molar-refractivity contribution in [2.24, 2.45) is 0 Å². The molecule has 1 atom stereocenters. The third kappa shape index (κ3) is 5.75. The molecule has 1 N–H and O–H groups in total. The zero-order valence-electron chi connectivity index (χ0n) is 11.6. The second kappa shape index (κ2) is 8.60. The molecule has 1 aromatic carbocycles. The van der Waals surface area contributed by atoms with Gasteiger partial charge in [-0.3, -0.25) is 0 Å². The van der Waals surface area contributed by atoms with Gasteiger partial charge in [0.2, 0.25) is 0 Å². The van der Waals surface area contributed by atoms with Gasteiger partial charge in [-0.25, -0.2) is 0 Å². The van der Waals surface area contributed by atoms with Crippen LogP contribution >= 0.6 is 0 Å². The highest BCUT2D eigenvalue weighted by molar-refractivity contribution is 5.28. The molecule has 0 fully saturated rings. The zero-order valence-corrected chi connectivity index (χ0v) is 11.6. The van der Waals surface area contributed by atoms with Gasteiger partial charge in [-0.15, -0.1) is 5.92 Å². The van der Waals surface area contributed by atoms with E-state index in [9.17, 15) is 0 Å². The first-order chi connectivity index (χ1) is 8.76. The van der Waals surface area contributed by atoms with Gasteiger partial charge in [-0.2, -0.15) is 0 Å². The van der Waals surface area contributed by atoms with Gasteiger partial charge in [0.25, 0.3) is 0 Å². The van der Waals surface area contributed by atoms with Crippen LogP contribution in [0, 0.1) is 11.8 Å². The Hall–Kier alpha value is -1.46. The summed E-state index contributed by atoms with van der Waals surface area (Å²) in [6.45, 7) is 7.77. The van der Waals surface area contributed by atoms with Crippen LogP contribution in [0.5, 0.6) is 5.75 Å². The highest BCUT2D eigenvalue weighted by atomic mass is 16.5. The number of rotatable bonds is 7. The molecule has 0 amide bonds. The van der Waals surface area contributed by atoms with E-state index >= 15 is 0 Å². The molecule has 98 valence electrons. The first kappa shape index (κ1) is 14.6. The lowest BCUT2D eigenvalue weighted by atomic mass is 10.1. The van der Waals surface area contributed by atoms with Gasteiger partial charge < -0.3 is 10.1 Å². The first-order valence-corrected chi connectivity index (χ1v) is 6.61. The van der Waals surface area contributed by atoms with Crippen molar-refractivity contribution in [2.75, 3.05) is 13.2 Å². The third-order valence-corrected chi connectivity index (χ3v) is 2.70. The quantitative estimate of drug-likeness (QED) is 0.746. The van der Waals surface area contributed by atoms with Crippen LogP contribution in [0.1, 0.15) is 32.8 Å². The van der Waals surface area contributed by atoms with Crippen LogP contribution in [0.2, 0.25) is 0 Å². The normalized spacial score (nSPS) is 11.5. The summed E-state index contributed by atoms with van der Waals surface area (Å²) in [7, 11) is 0. The SMILES string of the molecule is CC#CCOc1ccc(CC(C)NCCC)cc1. The maximum absolute atomic E-state index is 5.48. The number of hydrogen-bond donors (Lipinski definition) is 1. The van der Waals surface area contributed by atoms with E-state index in [1.165, 1.54) is 12.0 Å². The van der Waals surface area contributed by atoms with Gasteiger partial charge in [0.15, 0.2) is 0 Å². The maximum Gasteiger partial charge on any atom is 0.149 e. The van der Waals surface area contributed by atoms with E-state index in [2.05, 4.69) is 43.1 Å². The molecule has 0 aliphatic carbocycles. The van der Waals surface area contributed by atoms with Crippen molar-refractivity contribution in [3.05, 3.63) is 29.8 Å². The molecule has 0 aliphatic rings. The highest BCUT2D eigenvalue weighted by Gasteiger charge is 2.02. The summed E-state index contributed by atoms with van der Waals surface area (Å²) < 4.78 is 5.48. The second-order valence-electron chi connectivity index (χ2n) is 4.42. The molecule has 18 heavy (non-hydrogen) atoms. The molecular formula is C16H23NO. The Balaban J connectivity index is 2.41. The van der Waals surface area contributed by atoms with Gasteiger partial charge in [0, 0.05) is 6.04 Å². The molecule has 0 aromatic heterocycles. The van der Waals surface area contributed by atoms with E-state index in [0.29, 0.717) is 12.6 Å². The minimum Gasteiger partial charge on any atom is -0.481 e. The Morgan fingerprint density at radius 3 is 2.61 bits per heavy atom. The van der Waals surface area contributed by atoms with Crippen LogP contribution in [0.15, 0.2) is 24.3 Å². The predicted octanol–water partition coefficient (Wildman–Crippen LogP) is 3.02. The molecule has 1 rings (SSSR count). The largest absolute Gasteiger partial charge is 0.481 e. The zero-order chi connectivity index (χ0) is 13.2. The van der Waals surface area contributed by atoms with Gasteiger partial charge in [-0.1, -0.05) is 25.0 Å². The molecular weight excluding hydrogens is 222 g/mol. The molecule has 0 saturated heterocycles. The molecule has 1 aromatic rings. The summed E-state index contributed by atoms with van der Waals surface area (Å²) in [4.78, 5) is 0. The lowest BCUT2D eigenvalue weighted by molar-refractivity contribution is 0.370. The number of hydrogen-bond acceptors (Lipinski definition) is 2. The lowest BCUT2D eigenvalue weighted by Crippen LogP contribution is -2.28. The van der Waals surface area contributed by atoms with E-state index in [1.54, 1.807) is 0 Å². The highest BCUT2D eigenvalue weighted by Crippen LogP contribution is 2.13. The van der Waals surface area contributed by atoms with E-state index in [4.69, 9.17) is 4.74 Å². The van der Waals surface area contributed by atoms with Crippen molar-refractivity contribution in [3.63, 3.8) is 0 Å². The Morgan fingerprint density at radius 2 is 2.00 bits per heavy atom. The summed E-state index contributed by atoms with van der Waals surface area (Å²) >= 11 is 0. The molecule has 0 spiro atoms. The van der Waals surface area contributed by atoms with Crippen molar-refractivity contribution >= 4 is 0 Å². The molecule has 2 nitrogen and oxygen atoms in total. The summed E-state index contributed by atoms with van der Waals surface area (Å²) in [6, 6.07) is 8.79. The van der Waals surface area contributed by atoms with E-state index in [1.807, 2.05) is 19.1 Å². The van der Waals surface area contributed by atoms with Crippen LogP contribution in [-0.4, -0.2) is 19.2 Å². The smallest absolute Gasteiger partial charge is 0.149 e. The number of ether oxygens (including phenoxy) is 1. The maximum atomic E-state index is 5.48. The van der Waals surface area contributed by atoms with Crippen molar-refractivity contribution in [2.45, 2.75) is 39.7 Å². The molecule has 0 heterocycles. The summed E-state index contributed by atoms with van der Waals surface area (Å²) in [5.74, 6) is 6.58. The average Bonchev–Trinajstić information content (AvgIpc) is 2.39. The van der Waals surface area contributed by atoms with Crippen molar-refractivity contribution in [1.29, 1.82) is 0 Å². The molecule has 0 aliphatic heterocycles. The van der Waals surface area contributed by atoms with Crippen LogP contribution in [0.4, 0.5) is 0 Å². The van der Waals surface area contributed by atoms with Gasteiger partial charge in [0.05, 0.1) is 0 Å². The number of benzene rings is 1. The van der Waals surface area contributed by atoms with Gasteiger partial charge in [-0.05, 0) is 50.9 Å². The van der Waals surface area contributed by atoms with Gasteiger partial charge >= 0.3 is 0 Å². The topological polar surface area (TPSA) is 21.3 Å².